The highest BCUT2D eigenvalue weighted by molar-refractivity contribution is 5.75. The van der Waals surface area contributed by atoms with Crippen molar-refractivity contribution in [3.05, 3.63) is 11.6 Å². The Morgan fingerprint density at radius 1 is 1.33 bits per heavy atom. The number of carbonyl (C=O) groups excluding carboxylic acids is 1. The van der Waals surface area contributed by atoms with Crippen LogP contribution in [0.2, 0.25) is 0 Å². The van der Waals surface area contributed by atoms with E-state index >= 15 is 0 Å². The quantitative estimate of drug-likeness (QED) is 0.805. The summed E-state index contributed by atoms with van der Waals surface area (Å²) in [6, 6.07) is 0. The molecule has 0 bridgehead atoms. The fourth-order valence-corrected chi connectivity index (χ4v) is 2.96. The molecule has 1 heterocycles. The van der Waals surface area contributed by atoms with Gasteiger partial charge in [-0.2, -0.15) is 5.10 Å². The molecule has 0 saturated heterocycles. The number of amides is 1. The molecule has 6 heteroatoms. The van der Waals surface area contributed by atoms with Gasteiger partial charge in [0, 0.05) is 5.92 Å². The van der Waals surface area contributed by atoms with Crippen molar-refractivity contribution in [3.8, 4) is 0 Å². The average molecular weight is 294 g/mol. The van der Waals surface area contributed by atoms with Crippen LogP contribution in [-0.4, -0.2) is 31.4 Å². The first-order valence-electron chi connectivity index (χ1n) is 7.79. The van der Waals surface area contributed by atoms with E-state index in [4.69, 9.17) is 5.73 Å². The monoisotopic (exact) mass is 294 g/mol. The Morgan fingerprint density at radius 2 is 1.95 bits per heavy atom. The van der Waals surface area contributed by atoms with Crippen LogP contribution in [0.25, 0.3) is 0 Å². The second-order valence-corrected chi connectivity index (χ2v) is 6.69. The van der Waals surface area contributed by atoms with Crippen LogP contribution < -0.4 is 5.73 Å². The summed E-state index contributed by atoms with van der Waals surface area (Å²) in [5.74, 6) is 1.30. The zero-order valence-corrected chi connectivity index (χ0v) is 13.0. The van der Waals surface area contributed by atoms with Gasteiger partial charge >= 0.3 is 0 Å². The van der Waals surface area contributed by atoms with Crippen molar-refractivity contribution in [2.45, 2.75) is 76.9 Å². The molecule has 21 heavy (non-hydrogen) atoms. The average Bonchev–Trinajstić information content (AvgIpc) is 2.59. The third kappa shape index (κ3) is 4.81. The van der Waals surface area contributed by atoms with Crippen molar-refractivity contribution < 1.29 is 9.90 Å². The predicted octanol–water partition coefficient (Wildman–Crippen LogP) is 1.51. The van der Waals surface area contributed by atoms with Crippen LogP contribution in [0.5, 0.6) is 0 Å². The van der Waals surface area contributed by atoms with Crippen LogP contribution in [-0.2, 0) is 17.8 Å². The normalized spacial score (nSPS) is 17.7. The van der Waals surface area contributed by atoms with Crippen molar-refractivity contribution in [3.63, 3.8) is 0 Å². The predicted molar refractivity (Wildman–Crippen MR) is 79.7 cm³/mol. The van der Waals surface area contributed by atoms with Gasteiger partial charge in [-0.3, -0.25) is 4.79 Å². The van der Waals surface area contributed by atoms with Crippen LogP contribution in [0.15, 0.2) is 0 Å². The van der Waals surface area contributed by atoms with E-state index in [1.807, 2.05) is 0 Å². The van der Waals surface area contributed by atoms with Crippen LogP contribution >= 0.6 is 0 Å². The molecule has 0 spiro atoms. The van der Waals surface area contributed by atoms with Crippen molar-refractivity contribution in [2.24, 2.45) is 5.73 Å². The number of hydrogen-bond acceptors (Lipinski definition) is 4. The number of carbonyl (C=O) groups is 1. The lowest BCUT2D eigenvalue weighted by Crippen LogP contribution is -2.28. The van der Waals surface area contributed by atoms with E-state index in [1.54, 1.807) is 18.5 Å². The first kappa shape index (κ1) is 15.9. The smallest absolute Gasteiger partial charge is 0.225 e. The van der Waals surface area contributed by atoms with E-state index in [0.29, 0.717) is 18.3 Å². The van der Waals surface area contributed by atoms with Crippen LogP contribution in [0.4, 0.5) is 0 Å². The summed E-state index contributed by atoms with van der Waals surface area (Å²) in [5, 5.41) is 14.4. The van der Waals surface area contributed by atoms with Gasteiger partial charge in [0.25, 0.3) is 0 Å². The summed E-state index contributed by atoms with van der Waals surface area (Å²) in [7, 11) is 0. The van der Waals surface area contributed by atoms with Gasteiger partial charge in [-0.05, 0) is 26.7 Å². The minimum absolute atomic E-state index is 0.0541. The summed E-state index contributed by atoms with van der Waals surface area (Å²) in [6.07, 6.45) is 7.19. The molecule has 118 valence electrons. The molecule has 0 aromatic carbocycles. The van der Waals surface area contributed by atoms with Crippen molar-refractivity contribution in [2.75, 3.05) is 0 Å². The molecule has 1 aliphatic carbocycles. The van der Waals surface area contributed by atoms with E-state index < -0.39 is 11.5 Å². The second kappa shape index (κ2) is 6.56. The zero-order chi connectivity index (χ0) is 15.5. The molecular weight excluding hydrogens is 268 g/mol. The molecule has 1 aliphatic rings. The molecule has 2 rings (SSSR count). The molecule has 3 N–H and O–H groups in total. The Labute approximate surface area is 125 Å². The Hall–Kier alpha value is -1.43. The maximum absolute atomic E-state index is 11.1. The van der Waals surface area contributed by atoms with Gasteiger partial charge in [-0.25, -0.2) is 9.67 Å². The van der Waals surface area contributed by atoms with Crippen molar-refractivity contribution in [1.29, 1.82) is 0 Å². The minimum Gasteiger partial charge on any atom is -0.389 e. The Bertz CT molecular complexity index is 482. The van der Waals surface area contributed by atoms with Gasteiger partial charge in [-0.15, -0.1) is 0 Å². The van der Waals surface area contributed by atoms with E-state index in [-0.39, 0.29) is 6.42 Å². The molecule has 0 atom stereocenters. The lowest BCUT2D eigenvalue weighted by Gasteiger charge is -2.20. The number of nitrogens with zero attached hydrogens (tertiary/aromatic N) is 3. The molecule has 1 saturated carbocycles. The SMILES string of the molecule is CC(C)(O)Cn1nc(CC(N)=O)nc1C1CCCCCC1. The van der Waals surface area contributed by atoms with Crippen molar-refractivity contribution >= 4 is 5.91 Å². The highest BCUT2D eigenvalue weighted by atomic mass is 16.3. The lowest BCUT2D eigenvalue weighted by molar-refractivity contribution is -0.117. The maximum atomic E-state index is 11.1. The number of rotatable bonds is 5. The van der Waals surface area contributed by atoms with E-state index in [2.05, 4.69) is 10.1 Å². The first-order valence-corrected chi connectivity index (χ1v) is 7.79. The summed E-state index contributed by atoms with van der Waals surface area (Å²) in [4.78, 5) is 15.6. The standard InChI is InChI=1S/C15H26N4O2/c1-15(2,21)10-19-14(11-7-5-3-4-6-8-11)17-13(18-19)9-12(16)20/h11,21H,3-10H2,1-2H3,(H2,16,20). The number of aromatic nitrogens is 3. The minimum atomic E-state index is -0.864. The third-order valence-corrected chi connectivity index (χ3v) is 3.83. The van der Waals surface area contributed by atoms with E-state index in [9.17, 15) is 9.90 Å². The zero-order valence-electron chi connectivity index (χ0n) is 13.0. The molecule has 1 amide bonds. The first-order chi connectivity index (χ1) is 9.85. The molecular formula is C15H26N4O2. The topological polar surface area (TPSA) is 94.0 Å². The summed E-state index contributed by atoms with van der Waals surface area (Å²) in [6.45, 7) is 3.88. The van der Waals surface area contributed by atoms with Gasteiger partial charge in [0.15, 0.2) is 5.82 Å². The lowest BCUT2D eigenvalue weighted by atomic mass is 9.99. The van der Waals surface area contributed by atoms with E-state index in [1.165, 1.54) is 25.7 Å². The highest BCUT2D eigenvalue weighted by Gasteiger charge is 2.25. The molecule has 0 radical (unpaired) electrons. The Morgan fingerprint density at radius 3 is 2.48 bits per heavy atom. The summed E-state index contributed by atoms with van der Waals surface area (Å²) >= 11 is 0. The van der Waals surface area contributed by atoms with Gasteiger partial charge in [0.2, 0.25) is 5.91 Å². The number of primary amides is 1. The summed E-state index contributed by atoms with van der Waals surface area (Å²) < 4.78 is 1.77. The molecule has 6 nitrogen and oxygen atoms in total. The molecule has 1 aromatic heterocycles. The largest absolute Gasteiger partial charge is 0.389 e. The summed E-state index contributed by atoms with van der Waals surface area (Å²) in [5.41, 5.74) is 4.37. The molecule has 0 aliphatic heterocycles. The fourth-order valence-electron chi connectivity index (χ4n) is 2.96. The van der Waals surface area contributed by atoms with Gasteiger partial charge in [-0.1, -0.05) is 25.7 Å². The molecule has 1 aromatic rings. The van der Waals surface area contributed by atoms with Gasteiger partial charge in [0.1, 0.15) is 5.82 Å². The van der Waals surface area contributed by atoms with Crippen molar-refractivity contribution in [1.82, 2.24) is 14.8 Å². The highest BCUT2D eigenvalue weighted by Crippen LogP contribution is 2.31. The number of aliphatic hydroxyl groups is 1. The number of hydrogen-bond donors (Lipinski definition) is 2. The van der Waals surface area contributed by atoms with Crippen LogP contribution in [0.3, 0.4) is 0 Å². The molecule has 0 unspecified atom stereocenters. The van der Waals surface area contributed by atoms with Gasteiger partial charge < -0.3 is 10.8 Å². The maximum Gasteiger partial charge on any atom is 0.225 e. The van der Waals surface area contributed by atoms with E-state index in [0.717, 1.165) is 18.7 Å². The Balaban J connectivity index is 2.26. The fraction of sp³-hybridized carbons (Fsp3) is 0.800. The van der Waals surface area contributed by atoms with Crippen LogP contribution in [0.1, 0.15) is 69.9 Å². The third-order valence-electron chi connectivity index (χ3n) is 3.83. The number of nitrogens with two attached hydrogens (primary N) is 1. The Kier molecular flexibility index (Phi) is 4.98. The van der Waals surface area contributed by atoms with Gasteiger partial charge in [0.05, 0.1) is 18.6 Å². The molecule has 1 fully saturated rings. The second-order valence-electron chi connectivity index (χ2n) is 6.69. The van der Waals surface area contributed by atoms with Crippen LogP contribution in [0, 0.1) is 0 Å².